The normalized spacial score (nSPS) is 12.1. The van der Waals surface area contributed by atoms with Crippen LogP contribution in [-0.4, -0.2) is 17.8 Å². The van der Waals surface area contributed by atoms with Crippen molar-refractivity contribution in [3.63, 3.8) is 0 Å². The molecule has 1 aromatic rings. The van der Waals surface area contributed by atoms with Crippen LogP contribution in [0.5, 0.6) is 0 Å². The molecule has 3 heteroatoms. The number of amides is 1. The van der Waals surface area contributed by atoms with E-state index in [1.807, 2.05) is 30.3 Å². The third kappa shape index (κ3) is 3.79. The Hall–Kier alpha value is -1.02. The van der Waals surface area contributed by atoms with Gasteiger partial charge in [0.15, 0.2) is 0 Å². The summed E-state index contributed by atoms with van der Waals surface area (Å²) in [6.07, 6.45) is 0.782. The summed E-state index contributed by atoms with van der Waals surface area (Å²) in [6, 6.07) is 10.0. The van der Waals surface area contributed by atoms with Gasteiger partial charge in [0.1, 0.15) is 0 Å². The van der Waals surface area contributed by atoms with Crippen LogP contribution in [0.4, 0.5) is 0 Å². The van der Waals surface area contributed by atoms with E-state index in [1.165, 1.54) is 12.5 Å². The van der Waals surface area contributed by atoms with Crippen LogP contribution in [0.15, 0.2) is 30.3 Å². The second-order valence-corrected chi connectivity index (χ2v) is 3.55. The maximum Gasteiger partial charge on any atom is 0.217 e. The molecule has 76 valence electrons. The van der Waals surface area contributed by atoms with Crippen molar-refractivity contribution in [2.45, 2.75) is 19.4 Å². The molecule has 0 heterocycles. The lowest BCUT2D eigenvalue weighted by atomic mass is 10.1. The molecule has 0 fully saturated rings. The summed E-state index contributed by atoms with van der Waals surface area (Å²) in [6.45, 7) is 1.50. The van der Waals surface area contributed by atoms with Gasteiger partial charge in [-0.2, -0.15) is 0 Å². The molecule has 1 rings (SSSR count). The van der Waals surface area contributed by atoms with E-state index < -0.39 is 0 Å². The van der Waals surface area contributed by atoms with Gasteiger partial charge in [-0.25, -0.2) is 0 Å². The molecule has 1 aromatic carbocycles. The molecule has 0 bridgehead atoms. The van der Waals surface area contributed by atoms with Crippen molar-refractivity contribution in [1.29, 1.82) is 0 Å². The predicted molar refractivity (Wildman–Crippen MR) is 58.5 cm³/mol. The number of nitrogens with one attached hydrogen (secondary N) is 1. The molecule has 2 nitrogen and oxygen atoms in total. The first-order chi connectivity index (χ1) is 6.72. The minimum atomic E-state index is -0.0356. The lowest BCUT2D eigenvalue weighted by Gasteiger charge is -2.14. The molecule has 0 aliphatic carbocycles. The lowest BCUT2D eigenvalue weighted by molar-refractivity contribution is -0.119. The van der Waals surface area contributed by atoms with Crippen LogP contribution in [0.25, 0.3) is 0 Å². The highest BCUT2D eigenvalue weighted by molar-refractivity contribution is 6.18. The number of hydrogen-bond donors (Lipinski definition) is 1. The molecule has 1 N–H and O–H groups in total. The zero-order valence-corrected chi connectivity index (χ0v) is 8.92. The molecule has 0 spiro atoms. The Morgan fingerprint density at radius 1 is 1.43 bits per heavy atom. The van der Waals surface area contributed by atoms with E-state index in [-0.39, 0.29) is 11.9 Å². The zero-order chi connectivity index (χ0) is 10.4. The minimum absolute atomic E-state index is 0.0246. The second kappa shape index (κ2) is 5.66. The van der Waals surface area contributed by atoms with Crippen molar-refractivity contribution in [1.82, 2.24) is 5.32 Å². The van der Waals surface area contributed by atoms with Crippen LogP contribution < -0.4 is 5.32 Å². The summed E-state index contributed by atoms with van der Waals surface area (Å²) in [5.74, 6) is 0.403. The molecule has 1 unspecified atom stereocenters. The molecular weight excluding hydrogens is 198 g/mol. The summed E-state index contributed by atoms with van der Waals surface area (Å²) in [7, 11) is 0. The Labute approximate surface area is 89.3 Å². The van der Waals surface area contributed by atoms with Gasteiger partial charge in [-0.05, 0) is 12.0 Å². The average molecular weight is 212 g/mol. The van der Waals surface area contributed by atoms with Crippen molar-refractivity contribution < 1.29 is 4.79 Å². The lowest BCUT2D eigenvalue weighted by Crippen LogP contribution is -2.36. The van der Waals surface area contributed by atoms with Gasteiger partial charge in [-0.15, -0.1) is 11.6 Å². The third-order valence-electron chi connectivity index (χ3n) is 1.92. The van der Waals surface area contributed by atoms with Gasteiger partial charge < -0.3 is 5.32 Å². The average Bonchev–Trinajstić information content (AvgIpc) is 2.17. The number of rotatable bonds is 4. The molecule has 0 aromatic heterocycles. The molecule has 0 saturated carbocycles. The fourth-order valence-corrected chi connectivity index (χ4v) is 1.52. The molecule has 0 saturated heterocycles. The topological polar surface area (TPSA) is 29.1 Å². The van der Waals surface area contributed by atoms with Crippen LogP contribution in [0.1, 0.15) is 12.5 Å². The van der Waals surface area contributed by atoms with E-state index >= 15 is 0 Å². The SMILES string of the molecule is CC(=O)NC(CCl)Cc1ccccc1. The largest absolute Gasteiger partial charge is 0.352 e. The Kier molecular flexibility index (Phi) is 4.47. The van der Waals surface area contributed by atoms with Gasteiger partial charge in [0.2, 0.25) is 5.91 Å². The monoisotopic (exact) mass is 211 g/mol. The molecule has 1 amide bonds. The van der Waals surface area contributed by atoms with Gasteiger partial charge in [0.25, 0.3) is 0 Å². The van der Waals surface area contributed by atoms with Crippen LogP contribution in [0, 0.1) is 0 Å². The fraction of sp³-hybridized carbons (Fsp3) is 0.364. The molecule has 0 aliphatic heterocycles. The number of halogens is 1. The fourth-order valence-electron chi connectivity index (χ4n) is 1.33. The standard InChI is InChI=1S/C11H14ClNO/c1-9(14)13-11(8-12)7-10-5-3-2-4-6-10/h2-6,11H,7-8H2,1H3,(H,13,14). The molecular formula is C11H14ClNO. The van der Waals surface area contributed by atoms with E-state index in [0.717, 1.165) is 6.42 Å². The van der Waals surface area contributed by atoms with E-state index in [4.69, 9.17) is 11.6 Å². The first-order valence-corrected chi connectivity index (χ1v) is 5.13. The summed E-state index contributed by atoms with van der Waals surface area (Å²) in [5.41, 5.74) is 1.19. The van der Waals surface area contributed by atoms with Crippen LogP contribution >= 0.6 is 11.6 Å². The third-order valence-corrected chi connectivity index (χ3v) is 2.29. The van der Waals surface area contributed by atoms with Crippen molar-refractivity contribution in [2.75, 3.05) is 5.88 Å². The Bertz CT molecular complexity index is 287. The number of benzene rings is 1. The molecule has 14 heavy (non-hydrogen) atoms. The van der Waals surface area contributed by atoms with Crippen molar-refractivity contribution >= 4 is 17.5 Å². The van der Waals surface area contributed by atoms with Crippen molar-refractivity contribution in [3.05, 3.63) is 35.9 Å². The molecule has 0 radical (unpaired) electrons. The summed E-state index contributed by atoms with van der Waals surface area (Å²) in [5, 5.41) is 2.81. The highest BCUT2D eigenvalue weighted by atomic mass is 35.5. The number of carbonyl (C=O) groups is 1. The van der Waals surface area contributed by atoms with Gasteiger partial charge in [-0.3, -0.25) is 4.79 Å². The second-order valence-electron chi connectivity index (χ2n) is 3.24. The maximum atomic E-state index is 10.8. The minimum Gasteiger partial charge on any atom is -0.352 e. The maximum absolute atomic E-state index is 10.8. The van der Waals surface area contributed by atoms with Crippen molar-refractivity contribution in [2.24, 2.45) is 0 Å². The number of hydrogen-bond acceptors (Lipinski definition) is 1. The smallest absolute Gasteiger partial charge is 0.217 e. The Morgan fingerprint density at radius 2 is 2.07 bits per heavy atom. The highest BCUT2D eigenvalue weighted by Gasteiger charge is 2.08. The summed E-state index contributed by atoms with van der Waals surface area (Å²) in [4.78, 5) is 10.8. The Balaban J connectivity index is 2.53. The first-order valence-electron chi connectivity index (χ1n) is 4.59. The van der Waals surface area contributed by atoms with E-state index in [1.54, 1.807) is 0 Å². The quantitative estimate of drug-likeness (QED) is 0.759. The number of carbonyl (C=O) groups excluding carboxylic acids is 1. The van der Waals surface area contributed by atoms with Crippen molar-refractivity contribution in [3.8, 4) is 0 Å². The van der Waals surface area contributed by atoms with Crippen LogP contribution in [-0.2, 0) is 11.2 Å². The first kappa shape index (κ1) is 11.1. The van der Waals surface area contributed by atoms with Crippen LogP contribution in [0.2, 0.25) is 0 Å². The van der Waals surface area contributed by atoms with E-state index in [2.05, 4.69) is 5.32 Å². The van der Waals surface area contributed by atoms with Crippen LogP contribution in [0.3, 0.4) is 0 Å². The van der Waals surface area contributed by atoms with E-state index in [0.29, 0.717) is 5.88 Å². The highest BCUT2D eigenvalue weighted by Crippen LogP contribution is 2.04. The zero-order valence-electron chi connectivity index (χ0n) is 8.16. The Morgan fingerprint density at radius 3 is 2.57 bits per heavy atom. The van der Waals surface area contributed by atoms with Gasteiger partial charge in [0, 0.05) is 18.8 Å². The van der Waals surface area contributed by atoms with E-state index in [9.17, 15) is 4.79 Å². The van der Waals surface area contributed by atoms with Gasteiger partial charge in [-0.1, -0.05) is 30.3 Å². The molecule has 0 aliphatic rings. The van der Waals surface area contributed by atoms with Gasteiger partial charge >= 0.3 is 0 Å². The molecule has 1 atom stereocenters. The summed E-state index contributed by atoms with van der Waals surface area (Å²) >= 11 is 5.75. The van der Waals surface area contributed by atoms with Gasteiger partial charge in [0.05, 0.1) is 0 Å². The predicted octanol–water partition coefficient (Wildman–Crippen LogP) is 1.97. The number of alkyl halides is 1. The summed E-state index contributed by atoms with van der Waals surface area (Å²) < 4.78 is 0.